The third-order valence-electron chi connectivity index (χ3n) is 5.63. The summed E-state index contributed by atoms with van der Waals surface area (Å²) in [4.78, 5) is 25.5. The average molecular weight is 520 g/mol. The second-order valence-corrected chi connectivity index (χ2v) is 8.48. The maximum atomic E-state index is 12.3. The Balaban J connectivity index is 1.60. The van der Waals surface area contributed by atoms with Crippen LogP contribution >= 0.6 is 0 Å². The Morgan fingerprint density at radius 3 is 2.42 bits per heavy atom. The molecule has 200 valence electrons. The van der Waals surface area contributed by atoms with Crippen molar-refractivity contribution in [1.29, 1.82) is 0 Å². The number of methoxy groups -OCH3 is 1. The van der Waals surface area contributed by atoms with E-state index in [0.717, 1.165) is 37.0 Å². The first kappa shape index (κ1) is 26.7. The van der Waals surface area contributed by atoms with Crippen molar-refractivity contribution in [3.8, 4) is 17.5 Å². The molecule has 0 saturated carbocycles. The Hall–Kier alpha value is -4.34. The molecular weight excluding hydrogens is 486 g/mol. The van der Waals surface area contributed by atoms with E-state index in [1.54, 1.807) is 18.2 Å². The van der Waals surface area contributed by atoms with Crippen molar-refractivity contribution in [3.63, 3.8) is 0 Å². The van der Waals surface area contributed by atoms with Crippen molar-refractivity contribution in [2.75, 3.05) is 37.6 Å². The number of carbonyl (C=O) groups is 1. The van der Waals surface area contributed by atoms with Crippen LogP contribution in [-0.4, -0.2) is 47.9 Å². The zero-order valence-electron chi connectivity index (χ0n) is 21.7. The molecule has 6 bridgehead atoms. The van der Waals surface area contributed by atoms with Crippen LogP contribution in [0.1, 0.15) is 48.5 Å². The number of aromatic nitrogens is 3. The third kappa shape index (κ3) is 7.83. The summed E-state index contributed by atoms with van der Waals surface area (Å²) in [7, 11) is 1.35. The van der Waals surface area contributed by atoms with E-state index in [2.05, 4.69) is 37.7 Å². The summed E-state index contributed by atoms with van der Waals surface area (Å²) >= 11 is 0. The quantitative estimate of drug-likeness (QED) is 0.349. The molecule has 2 aromatic carbocycles. The van der Waals surface area contributed by atoms with Gasteiger partial charge in [-0.15, -0.1) is 0 Å². The van der Waals surface area contributed by atoms with Crippen molar-refractivity contribution in [2.45, 2.75) is 39.2 Å². The van der Waals surface area contributed by atoms with E-state index < -0.39 is 5.97 Å². The molecule has 0 unspecified atom stereocenters. The van der Waals surface area contributed by atoms with Gasteiger partial charge in [-0.3, -0.25) is 0 Å². The first-order valence-electron chi connectivity index (χ1n) is 12.8. The Morgan fingerprint density at radius 2 is 1.68 bits per heavy atom. The zero-order chi connectivity index (χ0) is 26.6. The largest absolute Gasteiger partial charge is 0.494 e. The first-order valence-corrected chi connectivity index (χ1v) is 12.8. The topological polar surface area (TPSA) is 117 Å². The van der Waals surface area contributed by atoms with Gasteiger partial charge in [-0.1, -0.05) is 24.3 Å². The number of rotatable bonds is 3. The highest BCUT2D eigenvalue weighted by atomic mass is 16.5. The molecule has 2 aliphatic heterocycles. The minimum Gasteiger partial charge on any atom is -0.494 e. The lowest BCUT2D eigenvalue weighted by Gasteiger charge is -2.14. The SMILES string of the molecule is CCOc1nc2nc(n1)Nc1ccc(C(=O)OC)c(c1)OCCCC=CCCCOc1ccc(cc1)CN2. The Labute approximate surface area is 222 Å². The van der Waals surface area contributed by atoms with Crippen LogP contribution in [0.2, 0.25) is 0 Å². The van der Waals surface area contributed by atoms with Crippen LogP contribution in [0.5, 0.6) is 17.5 Å². The van der Waals surface area contributed by atoms with E-state index in [-0.39, 0.29) is 12.0 Å². The molecule has 2 aliphatic rings. The summed E-state index contributed by atoms with van der Waals surface area (Å²) in [6.07, 6.45) is 7.86. The summed E-state index contributed by atoms with van der Waals surface area (Å²) < 4.78 is 22.3. The fourth-order valence-electron chi connectivity index (χ4n) is 3.71. The van der Waals surface area contributed by atoms with Crippen molar-refractivity contribution in [1.82, 2.24) is 15.0 Å². The van der Waals surface area contributed by atoms with Gasteiger partial charge in [-0.2, -0.15) is 15.0 Å². The molecule has 0 amide bonds. The Bertz CT molecular complexity index is 1230. The van der Waals surface area contributed by atoms with Gasteiger partial charge in [0.2, 0.25) is 11.9 Å². The Kier molecular flexibility index (Phi) is 9.72. The maximum Gasteiger partial charge on any atom is 0.341 e. The predicted molar refractivity (Wildman–Crippen MR) is 144 cm³/mol. The van der Waals surface area contributed by atoms with Gasteiger partial charge in [0.05, 0.1) is 26.9 Å². The molecule has 0 radical (unpaired) electrons. The van der Waals surface area contributed by atoms with Crippen LogP contribution in [0.4, 0.5) is 17.6 Å². The smallest absolute Gasteiger partial charge is 0.341 e. The number of esters is 1. The van der Waals surface area contributed by atoms with Crippen LogP contribution in [0.15, 0.2) is 54.6 Å². The molecule has 10 nitrogen and oxygen atoms in total. The number of nitrogens with one attached hydrogen (secondary N) is 2. The van der Waals surface area contributed by atoms with Crippen LogP contribution in [-0.2, 0) is 11.3 Å². The molecule has 3 heterocycles. The van der Waals surface area contributed by atoms with E-state index in [9.17, 15) is 4.79 Å². The number of anilines is 3. The van der Waals surface area contributed by atoms with Gasteiger partial charge in [0, 0.05) is 18.3 Å². The molecule has 38 heavy (non-hydrogen) atoms. The lowest BCUT2D eigenvalue weighted by Crippen LogP contribution is -2.10. The zero-order valence-corrected chi connectivity index (χ0v) is 21.7. The number of ether oxygens (including phenoxy) is 4. The van der Waals surface area contributed by atoms with Crippen molar-refractivity contribution >= 4 is 23.6 Å². The number of allylic oxidation sites excluding steroid dienone is 2. The third-order valence-corrected chi connectivity index (χ3v) is 5.63. The summed E-state index contributed by atoms with van der Waals surface area (Å²) in [6, 6.07) is 13.3. The van der Waals surface area contributed by atoms with Gasteiger partial charge in [-0.25, -0.2) is 4.79 Å². The molecule has 10 heteroatoms. The maximum absolute atomic E-state index is 12.3. The second kappa shape index (κ2) is 13.8. The number of nitrogens with zero attached hydrogens (tertiary/aromatic N) is 3. The summed E-state index contributed by atoms with van der Waals surface area (Å²) in [5.74, 6) is 1.44. The van der Waals surface area contributed by atoms with E-state index in [4.69, 9.17) is 18.9 Å². The standard InChI is InChI=1S/C28H33N5O5/c1-3-36-28-32-26-29-19-20-10-13-22(14-11-20)37-16-8-6-4-5-7-9-17-38-24-18-21(30-27(31-26)33-28)12-15-23(24)25(34)35-2/h4-5,10-15,18H,3,6-9,16-17,19H2,1-2H3,(H2,29,30,31,32,33). The van der Waals surface area contributed by atoms with E-state index >= 15 is 0 Å². The van der Waals surface area contributed by atoms with Crippen LogP contribution in [0.3, 0.4) is 0 Å². The molecule has 3 aromatic rings. The molecular formula is C28H33N5O5. The fraction of sp³-hybridized carbons (Fsp3) is 0.357. The van der Waals surface area contributed by atoms with E-state index in [1.165, 1.54) is 7.11 Å². The van der Waals surface area contributed by atoms with E-state index in [0.29, 0.717) is 49.3 Å². The number of hydrogen-bond donors (Lipinski definition) is 2. The summed E-state index contributed by atoms with van der Waals surface area (Å²) in [5, 5.41) is 6.39. The molecule has 0 fully saturated rings. The fourth-order valence-corrected chi connectivity index (χ4v) is 3.71. The number of carbonyl (C=O) groups excluding carboxylic acids is 1. The average Bonchev–Trinajstić information content (AvgIpc) is 2.93. The highest BCUT2D eigenvalue weighted by molar-refractivity contribution is 5.93. The van der Waals surface area contributed by atoms with Crippen LogP contribution in [0, 0.1) is 0 Å². The minimum absolute atomic E-state index is 0.192. The monoisotopic (exact) mass is 519 g/mol. The van der Waals surface area contributed by atoms with Crippen LogP contribution in [0.25, 0.3) is 0 Å². The van der Waals surface area contributed by atoms with Gasteiger partial charge in [0.25, 0.3) is 0 Å². The van der Waals surface area contributed by atoms with Crippen molar-refractivity contribution in [3.05, 3.63) is 65.7 Å². The second-order valence-electron chi connectivity index (χ2n) is 8.48. The number of hydrogen-bond acceptors (Lipinski definition) is 10. The lowest BCUT2D eigenvalue weighted by molar-refractivity contribution is 0.0596. The van der Waals surface area contributed by atoms with Gasteiger partial charge in [0.15, 0.2) is 0 Å². The molecule has 1 aromatic heterocycles. The normalized spacial score (nSPS) is 14.3. The number of benzene rings is 2. The van der Waals surface area contributed by atoms with Gasteiger partial charge < -0.3 is 29.6 Å². The molecule has 0 atom stereocenters. The highest BCUT2D eigenvalue weighted by Crippen LogP contribution is 2.27. The predicted octanol–water partition coefficient (Wildman–Crippen LogP) is 5.30. The minimum atomic E-state index is -0.468. The van der Waals surface area contributed by atoms with E-state index in [1.807, 2.05) is 31.2 Å². The molecule has 5 rings (SSSR count). The molecule has 2 N–H and O–H groups in total. The van der Waals surface area contributed by atoms with Crippen molar-refractivity contribution < 1.29 is 23.7 Å². The summed E-state index contributed by atoms with van der Waals surface area (Å²) in [6.45, 7) is 3.88. The van der Waals surface area contributed by atoms with Gasteiger partial charge in [-0.05, 0) is 62.4 Å². The van der Waals surface area contributed by atoms with Crippen molar-refractivity contribution in [2.24, 2.45) is 0 Å². The lowest BCUT2D eigenvalue weighted by atomic mass is 10.1. The molecule has 0 saturated heterocycles. The summed E-state index contributed by atoms with van der Waals surface area (Å²) in [5.41, 5.74) is 2.03. The number of fused-ring (bicyclic) bond motifs is 11. The highest BCUT2D eigenvalue weighted by Gasteiger charge is 2.15. The van der Waals surface area contributed by atoms with Crippen LogP contribution < -0.4 is 24.8 Å². The molecule has 0 aliphatic carbocycles. The molecule has 0 spiro atoms. The van der Waals surface area contributed by atoms with Gasteiger partial charge >= 0.3 is 12.0 Å². The first-order chi connectivity index (χ1) is 18.6. The Morgan fingerprint density at radius 1 is 0.947 bits per heavy atom. The van der Waals surface area contributed by atoms with Gasteiger partial charge in [0.1, 0.15) is 17.1 Å².